The van der Waals surface area contributed by atoms with E-state index in [-0.39, 0.29) is 24.9 Å². The average molecular weight is 484 g/mol. The third kappa shape index (κ3) is 4.85. The molecule has 8 heteroatoms. The number of aromatic nitrogens is 2. The first-order valence-corrected chi connectivity index (χ1v) is 11.5. The third-order valence-corrected chi connectivity index (χ3v) is 5.98. The molecule has 174 valence electrons. The van der Waals surface area contributed by atoms with E-state index in [1.165, 1.54) is 9.91 Å². The first-order valence-electron chi connectivity index (χ1n) is 11.1. The average Bonchev–Trinajstić information content (AvgIpc) is 3.30. The summed E-state index contributed by atoms with van der Waals surface area (Å²) < 4.78 is 1.76. The van der Waals surface area contributed by atoms with Crippen LogP contribution in [0.25, 0.3) is 16.9 Å². The second-order valence-electron chi connectivity index (χ2n) is 8.23. The zero-order valence-electron chi connectivity index (χ0n) is 19.0. The summed E-state index contributed by atoms with van der Waals surface area (Å²) in [5.74, 6) is -0.451. The van der Waals surface area contributed by atoms with E-state index in [2.05, 4.69) is 5.10 Å². The summed E-state index contributed by atoms with van der Waals surface area (Å²) in [5, 5.41) is 10.9. The molecule has 1 saturated heterocycles. The van der Waals surface area contributed by atoms with Crippen molar-refractivity contribution in [3.05, 3.63) is 101 Å². The van der Waals surface area contributed by atoms with Crippen LogP contribution < -0.4 is 4.90 Å². The van der Waals surface area contributed by atoms with Gasteiger partial charge in [0.1, 0.15) is 18.8 Å². The first kappa shape index (κ1) is 22.6. The number of amides is 2. The van der Waals surface area contributed by atoms with Crippen LogP contribution in [-0.2, 0) is 9.59 Å². The summed E-state index contributed by atoms with van der Waals surface area (Å²) in [6.07, 6.45) is 3.42. The van der Waals surface area contributed by atoms with Crippen molar-refractivity contribution in [1.82, 2.24) is 14.8 Å². The Hall–Kier alpha value is -4.23. The van der Waals surface area contributed by atoms with Gasteiger partial charge < -0.3 is 4.90 Å². The molecule has 1 fully saturated rings. The Bertz CT molecular complexity index is 1400. The molecule has 0 atom stereocenters. The van der Waals surface area contributed by atoms with Crippen LogP contribution in [0.5, 0.6) is 0 Å². The van der Waals surface area contributed by atoms with E-state index in [4.69, 9.17) is 16.7 Å². The molecule has 0 bridgehead atoms. The van der Waals surface area contributed by atoms with Crippen LogP contribution in [0.4, 0.5) is 5.69 Å². The highest BCUT2D eigenvalue weighted by Gasteiger charge is 2.30. The van der Waals surface area contributed by atoms with Crippen LogP contribution in [0, 0.1) is 6.92 Å². The number of carbonyl (C=O) groups excluding carboxylic acids is 2. The van der Waals surface area contributed by atoms with E-state index < -0.39 is 0 Å². The molecule has 0 N–H and O–H groups in total. The van der Waals surface area contributed by atoms with Crippen LogP contribution in [0.15, 0.2) is 90.2 Å². The molecule has 0 radical (unpaired) electrons. The number of hydrazone groups is 1. The highest BCUT2D eigenvalue weighted by Crippen LogP contribution is 2.25. The van der Waals surface area contributed by atoms with Gasteiger partial charge in [-0.1, -0.05) is 59.6 Å². The lowest BCUT2D eigenvalue weighted by molar-refractivity contribution is -0.138. The van der Waals surface area contributed by atoms with Crippen LogP contribution >= 0.6 is 11.6 Å². The van der Waals surface area contributed by atoms with Gasteiger partial charge in [-0.15, -0.1) is 0 Å². The smallest absolute Gasteiger partial charge is 0.263 e. The molecule has 35 heavy (non-hydrogen) atoms. The van der Waals surface area contributed by atoms with Gasteiger partial charge in [-0.25, -0.2) is 9.69 Å². The lowest BCUT2D eigenvalue weighted by Gasteiger charge is -2.31. The minimum Gasteiger partial charge on any atom is -0.301 e. The molecule has 1 aliphatic rings. The molecule has 0 aliphatic carbocycles. The maximum Gasteiger partial charge on any atom is 0.263 e. The quantitative estimate of drug-likeness (QED) is 0.386. The van der Waals surface area contributed by atoms with Crippen LogP contribution in [0.1, 0.15) is 11.1 Å². The van der Waals surface area contributed by atoms with Gasteiger partial charge >= 0.3 is 0 Å². The number of carbonyl (C=O) groups is 2. The topological polar surface area (TPSA) is 70.8 Å². The summed E-state index contributed by atoms with van der Waals surface area (Å²) in [5.41, 5.74) is 4.93. The fourth-order valence-electron chi connectivity index (χ4n) is 3.83. The van der Waals surface area contributed by atoms with Gasteiger partial charge in [-0.3, -0.25) is 9.59 Å². The van der Waals surface area contributed by atoms with E-state index >= 15 is 0 Å². The summed E-state index contributed by atoms with van der Waals surface area (Å²) >= 11 is 6.06. The predicted molar refractivity (Wildman–Crippen MR) is 137 cm³/mol. The van der Waals surface area contributed by atoms with Gasteiger partial charge in [0.05, 0.1) is 11.9 Å². The third-order valence-electron chi connectivity index (χ3n) is 5.73. The minimum absolute atomic E-state index is 0.0629. The van der Waals surface area contributed by atoms with E-state index in [0.29, 0.717) is 22.0 Å². The van der Waals surface area contributed by atoms with Gasteiger partial charge in [0.15, 0.2) is 0 Å². The molecule has 2 amide bonds. The summed E-state index contributed by atoms with van der Waals surface area (Å²) in [6.45, 7) is 1.78. The van der Waals surface area contributed by atoms with E-state index in [9.17, 15) is 9.59 Å². The Morgan fingerprint density at radius 1 is 0.857 bits per heavy atom. The monoisotopic (exact) mass is 483 g/mol. The van der Waals surface area contributed by atoms with Crippen molar-refractivity contribution in [2.75, 3.05) is 18.0 Å². The molecular weight excluding hydrogens is 462 g/mol. The van der Waals surface area contributed by atoms with Gasteiger partial charge in [0, 0.05) is 28.0 Å². The Kier molecular flexibility index (Phi) is 6.16. The first-order chi connectivity index (χ1) is 17.0. The molecule has 1 aliphatic heterocycles. The number of anilines is 1. The highest BCUT2D eigenvalue weighted by atomic mass is 35.5. The number of nitrogens with zero attached hydrogens (tertiary/aromatic N) is 5. The summed E-state index contributed by atoms with van der Waals surface area (Å²) in [6, 6.07) is 24.6. The van der Waals surface area contributed by atoms with Crippen LogP contribution in [0.3, 0.4) is 0 Å². The summed E-state index contributed by atoms with van der Waals surface area (Å²) in [4.78, 5) is 27.1. The van der Waals surface area contributed by atoms with E-state index in [0.717, 1.165) is 16.8 Å². The normalized spacial score (nSPS) is 14.2. The van der Waals surface area contributed by atoms with Gasteiger partial charge in [-0.05, 0) is 43.3 Å². The van der Waals surface area contributed by atoms with Crippen molar-refractivity contribution >= 4 is 35.3 Å². The molecule has 1 aromatic heterocycles. The van der Waals surface area contributed by atoms with Crippen molar-refractivity contribution in [3.8, 4) is 16.9 Å². The maximum absolute atomic E-state index is 12.8. The Morgan fingerprint density at radius 2 is 1.57 bits per heavy atom. The number of halogens is 1. The summed E-state index contributed by atoms with van der Waals surface area (Å²) in [7, 11) is 0. The van der Waals surface area contributed by atoms with Crippen molar-refractivity contribution in [2.45, 2.75) is 6.92 Å². The highest BCUT2D eigenvalue weighted by molar-refractivity contribution is 6.30. The Balaban J connectivity index is 1.42. The lowest BCUT2D eigenvalue weighted by Crippen LogP contribution is -2.52. The molecule has 4 aromatic rings. The number of hydrogen-bond acceptors (Lipinski definition) is 4. The molecular formula is C27H22ClN5O2. The number of piperazine rings is 1. The van der Waals surface area contributed by atoms with Gasteiger partial charge in [0.2, 0.25) is 5.91 Å². The zero-order valence-corrected chi connectivity index (χ0v) is 19.8. The molecule has 0 spiro atoms. The largest absolute Gasteiger partial charge is 0.301 e. The van der Waals surface area contributed by atoms with E-state index in [1.54, 1.807) is 23.0 Å². The van der Waals surface area contributed by atoms with Gasteiger partial charge in [0.25, 0.3) is 5.91 Å². The number of benzene rings is 3. The molecule has 7 nitrogen and oxygen atoms in total. The maximum atomic E-state index is 12.8. The Morgan fingerprint density at radius 3 is 2.29 bits per heavy atom. The van der Waals surface area contributed by atoms with E-state index in [1.807, 2.05) is 79.9 Å². The molecule has 3 aromatic carbocycles. The lowest BCUT2D eigenvalue weighted by atomic mass is 10.1. The fraction of sp³-hybridized carbons (Fsp3) is 0.111. The second kappa shape index (κ2) is 9.56. The molecule has 2 heterocycles. The fourth-order valence-corrected chi connectivity index (χ4v) is 3.96. The van der Waals surface area contributed by atoms with Crippen molar-refractivity contribution < 1.29 is 9.59 Å². The predicted octanol–water partition coefficient (Wildman–Crippen LogP) is 4.71. The second-order valence-corrected chi connectivity index (χ2v) is 8.67. The zero-order chi connectivity index (χ0) is 24.4. The number of para-hydroxylation sites is 1. The standard InChI is InChI=1S/C27H22ClN5O2/c1-19-7-13-23(14-8-19)31-17-26(35)33(18-25(31)34)29-15-21-16-32(24-5-3-2-4-6-24)30-27(21)20-9-11-22(28)12-10-20/h2-16H,17-18H2,1H3/b29-15-. The van der Waals surface area contributed by atoms with Crippen molar-refractivity contribution in [1.29, 1.82) is 0 Å². The SMILES string of the molecule is Cc1ccc(N2CC(=O)N(/N=C\c3cn(-c4ccccc4)nc3-c3ccc(Cl)cc3)CC2=O)cc1. The van der Waals surface area contributed by atoms with Crippen LogP contribution in [0.2, 0.25) is 5.02 Å². The minimum atomic E-state index is -0.259. The Labute approximate surface area is 207 Å². The van der Waals surface area contributed by atoms with Crippen molar-refractivity contribution in [2.24, 2.45) is 5.10 Å². The molecule has 0 saturated carbocycles. The molecule has 0 unspecified atom stereocenters. The van der Waals surface area contributed by atoms with Gasteiger partial charge in [-0.2, -0.15) is 10.2 Å². The number of aryl methyl sites for hydroxylation is 1. The number of rotatable bonds is 5. The number of hydrogen-bond donors (Lipinski definition) is 0. The molecule has 5 rings (SSSR count). The van der Waals surface area contributed by atoms with Crippen LogP contribution in [-0.4, -0.2) is 45.9 Å². The van der Waals surface area contributed by atoms with Crippen molar-refractivity contribution in [3.63, 3.8) is 0 Å².